The molecule has 0 aliphatic carbocycles. The molecule has 2 rings (SSSR count). The average Bonchev–Trinajstić information content (AvgIpc) is 2.68. The van der Waals surface area contributed by atoms with Crippen LogP contribution in [0.4, 0.5) is 0 Å². The Morgan fingerprint density at radius 2 is 1.72 bits per heavy atom. The molecular formula is C25H32Cl2N2O2S. The van der Waals surface area contributed by atoms with Crippen LogP contribution in [-0.4, -0.2) is 34.6 Å². The molecule has 7 heteroatoms. The second-order valence-corrected chi connectivity index (χ2v) is 10.2. The van der Waals surface area contributed by atoms with Gasteiger partial charge in [0.25, 0.3) is 0 Å². The van der Waals surface area contributed by atoms with E-state index in [0.717, 1.165) is 11.3 Å². The van der Waals surface area contributed by atoms with Gasteiger partial charge >= 0.3 is 0 Å². The number of carbonyl (C=O) groups is 2. The average molecular weight is 496 g/mol. The molecule has 0 spiro atoms. The topological polar surface area (TPSA) is 49.4 Å². The molecule has 0 fully saturated rings. The van der Waals surface area contributed by atoms with Gasteiger partial charge in [-0.15, -0.1) is 11.8 Å². The lowest BCUT2D eigenvalue weighted by molar-refractivity contribution is -0.139. The first-order valence-electron chi connectivity index (χ1n) is 10.8. The van der Waals surface area contributed by atoms with Gasteiger partial charge in [0.05, 0.1) is 5.75 Å². The minimum atomic E-state index is -0.571. The standard InChI is InChI=1S/C25H32Cl2N2O2S/c1-6-23(25(31)28-16(2)3)29(13-20-7-8-21(26)12-22(20)27)24(30)15-32-14-19-10-17(4)9-18(5)11-19/h7-12,16,23H,6,13-15H2,1-5H3,(H,28,31). The first kappa shape index (κ1) is 26.6. The number of amides is 2. The van der Waals surface area contributed by atoms with E-state index >= 15 is 0 Å². The van der Waals surface area contributed by atoms with Gasteiger partial charge in [-0.05, 0) is 57.4 Å². The maximum atomic E-state index is 13.3. The van der Waals surface area contributed by atoms with Crippen LogP contribution in [0.3, 0.4) is 0 Å². The second kappa shape index (κ2) is 12.5. The molecule has 1 N–H and O–H groups in total. The molecule has 4 nitrogen and oxygen atoms in total. The highest BCUT2D eigenvalue weighted by molar-refractivity contribution is 7.99. The van der Waals surface area contributed by atoms with Gasteiger partial charge in [0.1, 0.15) is 6.04 Å². The summed E-state index contributed by atoms with van der Waals surface area (Å²) in [6.45, 7) is 10.1. The van der Waals surface area contributed by atoms with Crippen molar-refractivity contribution in [2.75, 3.05) is 5.75 Å². The monoisotopic (exact) mass is 494 g/mol. The highest BCUT2D eigenvalue weighted by Gasteiger charge is 2.29. The van der Waals surface area contributed by atoms with Gasteiger partial charge in [-0.2, -0.15) is 0 Å². The zero-order chi connectivity index (χ0) is 23.8. The highest BCUT2D eigenvalue weighted by Crippen LogP contribution is 2.25. The summed E-state index contributed by atoms with van der Waals surface area (Å²) in [5, 5.41) is 3.96. The second-order valence-electron chi connectivity index (χ2n) is 8.33. The lowest BCUT2D eigenvalue weighted by Gasteiger charge is -2.31. The summed E-state index contributed by atoms with van der Waals surface area (Å²) in [5.74, 6) is 0.777. The smallest absolute Gasteiger partial charge is 0.243 e. The van der Waals surface area contributed by atoms with E-state index in [1.165, 1.54) is 16.7 Å². The van der Waals surface area contributed by atoms with Crippen molar-refractivity contribution in [2.45, 2.75) is 65.4 Å². The maximum Gasteiger partial charge on any atom is 0.243 e. The zero-order valence-electron chi connectivity index (χ0n) is 19.4. The number of thioether (sulfide) groups is 1. The summed E-state index contributed by atoms with van der Waals surface area (Å²) in [4.78, 5) is 27.8. The lowest BCUT2D eigenvalue weighted by atomic mass is 10.1. The molecule has 32 heavy (non-hydrogen) atoms. The van der Waals surface area contributed by atoms with Crippen molar-refractivity contribution in [2.24, 2.45) is 0 Å². The Kier molecular flexibility index (Phi) is 10.4. The molecule has 0 saturated carbocycles. The maximum absolute atomic E-state index is 13.3. The molecule has 0 saturated heterocycles. The summed E-state index contributed by atoms with van der Waals surface area (Å²) in [7, 11) is 0. The third-order valence-electron chi connectivity index (χ3n) is 4.95. The molecule has 2 aromatic carbocycles. The van der Waals surface area contributed by atoms with Crippen molar-refractivity contribution in [1.82, 2.24) is 10.2 Å². The summed E-state index contributed by atoms with van der Waals surface area (Å²) >= 11 is 14.0. The van der Waals surface area contributed by atoms with Crippen molar-refractivity contribution in [1.29, 1.82) is 0 Å². The number of benzene rings is 2. The van der Waals surface area contributed by atoms with Crippen LogP contribution >= 0.6 is 35.0 Å². The molecule has 0 radical (unpaired) electrons. The lowest BCUT2D eigenvalue weighted by Crippen LogP contribution is -2.51. The molecular weight excluding hydrogens is 463 g/mol. The van der Waals surface area contributed by atoms with E-state index in [4.69, 9.17) is 23.2 Å². The number of hydrogen-bond acceptors (Lipinski definition) is 3. The van der Waals surface area contributed by atoms with Crippen LogP contribution in [0.5, 0.6) is 0 Å². The number of nitrogens with one attached hydrogen (secondary N) is 1. The van der Waals surface area contributed by atoms with E-state index in [-0.39, 0.29) is 30.2 Å². The number of nitrogens with zero attached hydrogens (tertiary/aromatic N) is 1. The minimum Gasteiger partial charge on any atom is -0.352 e. The summed E-state index contributed by atoms with van der Waals surface area (Å²) < 4.78 is 0. The fourth-order valence-electron chi connectivity index (χ4n) is 3.63. The van der Waals surface area contributed by atoms with E-state index in [2.05, 4.69) is 37.4 Å². The van der Waals surface area contributed by atoms with Gasteiger partial charge in [-0.1, -0.05) is 65.5 Å². The fraction of sp³-hybridized carbons (Fsp3) is 0.440. The van der Waals surface area contributed by atoms with Crippen LogP contribution < -0.4 is 5.32 Å². The van der Waals surface area contributed by atoms with Crippen LogP contribution in [0.25, 0.3) is 0 Å². The largest absolute Gasteiger partial charge is 0.352 e. The Balaban J connectivity index is 2.19. The van der Waals surface area contributed by atoms with Crippen LogP contribution in [-0.2, 0) is 21.9 Å². The molecule has 1 unspecified atom stereocenters. The van der Waals surface area contributed by atoms with E-state index in [9.17, 15) is 9.59 Å². The van der Waals surface area contributed by atoms with Gasteiger partial charge < -0.3 is 10.2 Å². The predicted octanol–water partition coefficient (Wildman–Crippen LogP) is 6.18. The molecule has 0 heterocycles. The Bertz CT molecular complexity index is 929. The van der Waals surface area contributed by atoms with Gasteiger partial charge in [-0.25, -0.2) is 0 Å². The van der Waals surface area contributed by atoms with Gasteiger partial charge in [0.2, 0.25) is 11.8 Å². The molecule has 0 aromatic heterocycles. The van der Waals surface area contributed by atoms with Gasteiger partial charge in [-0.3, -0.25) is 9.59 Å². The third-order valence-corrected chi connectivity index (χ3v) is 6.52. The van der Waals surface area contributed by atoms with Gasteiger partial charge in [0, 0.05) is 28.4 Å². The van der Waals surface area contributed by atoms with Crippen LogP contribution in [0.1, 0.15) is 49.4 Å². The van der Waals surface area contributed by atoms with Crippen molar-refractivity contribution in [3.63, 3.8) is 0 Å². The number of aryl methyl sites for hydroxylation is 2. The van der Waals surface area contributed by atoms with E-state index in [1.807, 2.05) is 20.8 Å². The summed E-state index contributed by atoms with van der Waals surface area (Å²) in [6.07, 6.45) is 0.511. The minimum absolute atomic E-state index is 0.00782. The van der Waals surface area contributed by atoms with E-state index < -0.39 is 6.04 Å². The fourth-order valence-corrected chi connectivity index (χ4v) is 4.94. The Labute approximate surface area is 206 Å². The van der Waals surface area contributed by atoms with Crippen molar-refractivity contribution in [3.05, 3.63) is 68.7 Å². The van der Waals surface area contributed by atoms with Crippen LogP contribution in [0, 0.1) is 13.8 Å². The van der Waals surface area contributed by atoms with Gasteiger partial charge in [0.15, 0.2) is 0 Å². The SMILES string of the molecule is CCC(C(=O)NC(C)C)N(Cc1ccc(Cl)cc1Cl)C(=O)CSCc1cc(C)cc(C)c1. The number of hydrogen-bond donors (Lipinski definition) is 1. The van der Waals surface area contributed by atoms with E-state index in [0.29, 0.717) is 16.5 Å². The molecule has 0 aliphatic heterocycles. The molecule has 0 bridgehead atoms. The zero-order valence-corrected chi connectivity index (χ0v) is 21.7. The first-order chi connectivity index (χ1) is 15.1. The van der Waals surface area contributed by atoms with E-state index in [1.54, 1.807) is 34.9 Å². The van der Waals surface area contributed by atoms with Crippen molar-refractivity contribution < 1.29 is 9.59 Å². The molecule has 174 valence electrons. The van der Waals surface area contributed by atoms with Crippen LogP contribution in [0.2, 0.25) is 10.0 Å². The quantitative estimate of drug-likeness (QED) is 0.429. The van der Waals surface area contributed by atoms with Crippen LogP contribution in [0.15, 0.2) is 36.4 Å². The highest BCUT2D eigenvalue weighted by atomic mass is 35.5. The number of halogens is 2. The first-order valence-corrected chi connectivity index (χ1v) is 12.7. The molecule has 0 aliphatic rings. The normalized spacial score (nSPS) is 12.0. The summed E-state index contributed by atoms with van der Waals surface area (Å²) in [5.41, 5.74) is 4.38. The Morgan fingerprint density at radius 3 is 2.28 bits per heavy atom. The molecule has 2 aromatic rings. The third kappa shape index (κ3) is 8.02. The summed E-state index contributed by atoms with van der Waals surface area (Å²) in [6, 6.07) is 11.0. The Hall–Kier alpha value is -1.69. The number of carbonyl (C=O) groups excluding carboxylic acids is 2. The Morgan fingerprint density at radius 1 is 1.06 bits per heavy atom. The molecule has 2 amide bonds. The molecule has 1 atom stereocenters. The van der Waals surface area contributed by atoms with Crippen molar-refractivity contribution >= 4 is 46.8 Å². The van der Waals surface area contributed by atoms with Crippen molar-refractivity contribution in [3.8, 4) is 0 Å². The predicted molar refractivity (Wildman–Crippen MR) is 136 cm³/mol. The number of rotatable bonds is 10.